The summed E-state index contributed by atoms with van der Waals surface area (Å²) in [5.41, 5.74) is 6.44. The van der Waals surface area contributed by atoms with Crippen molar-refractivity contribution in [2.24, 2.45) is 9.98 Å². The van der Waals surface area contributed by atoms with E-state index >= 15 is 0 Å². The van der Waals surface area contributed by atoms with E-state index in [0.29, 0.717) is 65.1 Å². The van der Waals surface area contributed by atoms with E-state index in [-0.39, 0.29) is 23.9 Å². The molecule has 11 nitrogen and oxygen atoms in total. The highest BCUT2D eigenvalue weighted by Crippen LogP contribution is 2.42. The first-order chi connectivity index (χ1) is 26.4. The van der Waals surface area contributed by atoms with Gasteiger partial charge in [0.15, 0.2) is 23.0 Å². The number of hydrogen-bond acceptors (Lipinski definition) is 10. The predicted octanol–water partition coefficient (Wildman–Crippen LogP) is 8.38. The van der Waals surface area contributed by atoms with Crippen LogP contribution in [-0.4, -0.2) is 80.6 Å². The summed E-state index contributed by atoms with van der Waals surface area (Å²) in [6.07, 6.45) is 11.4. The second-order valence-electron chi connectivity index (χ2n) is 13.4. The third-order valence-corrected chi connectivity index (χ3v) is 11.1. The fourth-order valence-corrected chi connectivity index (χ4v) is 7.92. The Bertz CT molecular complexity index is 2190. The molecule has 4 aliphatic rings. The summed E-state index contributed by atoms with van der Waals surface area (Å²) in [7, 11) is 5.04. The Morgan fingerprint density at radius 3 is 1.80 bits per heavy atom. The standard InChI is InChI=1S/C42H41N5O6S/c1-43-29-11-9-26(10-12-29)27-16-30-22-44-34-20-38(36(50-2)18-32(34)41(48)46(30)24-27)52-13-5-4-6-14-53-39-21-35-33(19-37(39)51-3)42(49)47-25-28(17-31(47)23-45-35)40-8-7-15-54-40/h7-12,15,18-25,30-31,43H,4-6,13-14,16-17H2,1-3H3/t30-,31-/m0/s1. The van der Waals surface area contributed by atoms with Crippen LogP contribution in [0, 0.1) is 0 Å². The monoisotopic (exact) mass is 743 g/mol. The third kappa shape index (κ3) is 6.84. The predicted molar refractivity (Wildman–Crippen MR) is 213 cm³/mol. The van der Waals surface area contributed by atoms with Crippen LogP contribution in [0.2, 0.25) is 0 Å². The van der Waals surface area contributed by atoms with Gasteiger partial charge in [0, 0.05) is 67.4 Å². The van der Waals surface area contributed by atoms with Gasteiger partial charge in [0.2, 0.25) is 0 Å². The van der Waals surface area contributed by atoms with Gasteiger partial charge in [-0.3, -0.25) is 19.6 Å². The molecular weight excluding hydrogens is 703 g/mol. The summed E-state index contributed by atoms with van der Waals surface area (Å²) in [5.74, 6) is 1.85. The maximum absolute atomic E-state index is 13.7. The molecule has 0 saturated carbocycles. The molecule has 1 aromatic heterocycles. The average Bonchev–Trinajstić information content (AvgIpc) is 3.96. The maximum atomic E-state index is 13.7. The number of nitrogens with one attached hydrogen (secondary N) is 1. The number of aliphatic imine (C=N–C) groups is 2. The summed E-state index contributed by atoms with van der Waals surface area (Å²) in [6, 6.07) is 19.0. The van der Waals surface area contributed by atoms with Gasteiger partial charge in [0.05, 0.1) is 62.0 Å². The van der Waals surface area contributed by atoms with Gasteiger partial charge >= 0.3 is 0 Å². The number of carbonyl (C=O) groups is 2. The van der Waals surface area contributed by atoms with Crippen LogP contribution < -0.4 is 24.3 Å². The van der Waals surface area contributed by atoms with E-state index in [2.05, 4.69) is 23.5 Å². The Hall–Kier alpha value is -5.88. The second kappa shape index (κ2) is 15.2. The van der Waals surface area contributed by atoms with E-state index in [1.807, 2.05) is 55.5 Å². The molecule has 54 heavy (non-hydrogen) atoms. The Kier molecular flexibility index (Phi) is 9.92. The first kappa shape index (κ1) is 35.2. The summed E-state index contributed by atoms with van der Waals surface area (Å²) >= 11 is 1.67. The van der Waals surface area contributed by atoms with Crippen LogP contribution in [0.3, 0.4) is 0 Å². The van der Waals surface area contributed by atoms with Gasteiger partial charge in [-0.25, -0.2) is 0 Å². The zero-order chi connectivity index (χ0) is 37.2. The zero-order valence-corrected chi connectivity index (χ0v) is 31.2. The van der Waals surface area contributed by atoms with Gasteiger partial charge in [0.1, 0.15) is 0 Å². The van der Waals surface area contributed by atoms with E-state index in [4.69, 9.17) is 28.9 Å². The SMILES string of the molecule is CNc1ccc(C2=CN3C(=O)c4cc(OC)c(OCCCCCOc5cc6c(cc5OC)C(=O)N5C=C(c7cccs7)C[C@H]5C=N6)cc4N=C[C@@H]3C2)cc1. The van der Waals surface area contributed by atoms with Gasteiger partial charge in [-0.1, -0.05) is 18.2 Å². The summed E-state index contributed by atoms with van der Waals surface area (Å²) < 4.78 is 23.6. The number of fused-ring (bicyclic) bond motifs is 4. The minimum atomic E-state index is -0.164. The van der Waals surface area contributed by atoms with Crippen LogP contribution in [0.5, 0.6) is 23.0 Å². The highest BCUT2D eigenvalue weighted by molar-refractivity contribution is 7.11. The highest BCUT2D eigenvalue weighted by atomic mass is 32.1. The van der Waals surface area contributed by atoms with Crippen LogP contribution in [0.15, 0.2) is 88.4 Å². The van der Waals surface area contributed by atoms with Crippen molar-refractivity contribution in [2.45, 2.75) is 44.2 Å². The largest absolute Gasteiger partial charge is 0.493 e. The Morgan fingerprint density at radius 2 is 1.28 bits per heavy atom. The van der Waals surface area contributed by atoms with Gasteiger partial charge in [-0.05, 0) is 71.7 Å². The van der Waals surface area contributed by atoms with Crippen molar-refractivity contribution in [2.75, 3.05) is 39.8 Å². The molecule has 4 aromatic rings. The molecule has 12 heteroatoms. The van der Waals surface area contributed by atoms with Crippen molar-refractivity contribution < 1.29 is 28.5 Å². The van der Waals surface area contributed by atoms with E-state index in [9.17, 15) is 9.59 Å². The minimum absolute atomic E-state index is 0.105. The Balaban J connectivity index is 0.850. The molecule has 0 bridgehead atoms. The van der Waals surface area contributed by atoms with E-state index < -0.39 is 0 Å². The molecule has 0 fully saturated rings. The molecule has 2 atom stereocenters. The number of amides is 2. The van der Waals surface area contributed by atoms with E-state index in [0.717, 1.165) is 48.1 Å². The molecule has 1 N–H and O–H groups in total. The molecule has 0 spiro atoms. The molecule has 5 heterocycles. The number of carbonyl (C=O) groups excluding carboxylic acids is 2. The molecule has 0 radical (unpaired) electrons. The molecule has 4 aliphatic heterocycles. The fourth-order valence-electron chi connectivity index (χ4n) is 7.17. The smallest absolute Gasteiger partial charge is 0.260 e. The van der Waals surface area contributed by atoms with E-state index in [1.165, 1.54) is 4.88 Å². The van der Waals surface area contributed by atoms with Crippen LogP contribution in [0.4, 0.5) is 17.1 Å². The summed E-state index contributed by atoms with van der Waals surface area (Å²) in [6.45, 7) is 0.918. The lowest BCUT2D eigenvalue weighted by atomic mass is 10.0. The Labute approximate surface area is 318 Å². The molecule has 8 rings (SSSR count). The number of rotatable bonds is 13. The highest BCUT2D eigenvalue weighted by Gasteiger charge is 2.35. The second-order valence-corrected chi connectivity index (χ2v) is 14.4. The number of nitrogens with zero attached hydrogens (tertiary/aromatic N) is 4. The van der Waals surface area contributed by atoms with Crippen molar-refractivity contribution >= 4 is 63.8 Å². The lowest BCUT2D eigenvalue weighted by Crippen LogP contribution is -2.32. The van der Waals surface area contributed by atoms with Crippen LogP contribution >= 0.6 is 11.3 Å². The van der Waals surface area contributed by atoms with Crippen LogP contribution in [0.25, 0.3) is 11.1 Å². The quantitative estimate of drug-likeness (QED) is 0.137. The number of unbranched alkanes of at least 4 members (excludes halogenated alkanes) is 2. The molecule has 276 valence electrons. The zero-order valence-electron chi connectivity index (χ0n) is 30.4. The fraction of sp³-hybridized carbons (Fsp3) is 0.286. The number of ether oxygens (including phenoxy) is 4. The van der Waals surface area contributed by atoms with Crippen molar-refractivity contribution in [3.05, 3.63) is 100 Å². The molecule has 3 aromatic carbocycles. The van der Waals surface area contributed by atoms with Crippen molar-refractivity contribution in [3.63, 3.8) is 0 Å². The first-order valence-corrected chi connectivity index (χ1v) is 19.0. The number of benzene rings is 3. The van der Waals surface area contributed by atoms with Crippen molar-refractivity contribution in [1.29, 1.82) is 0 Å². The van der Waals surface area contributed by atoms with Crippen molar-refractivity contribution in [1.82, 2.24) is 9.80 Å². The molecular formula is C42H41N5O6S. The summed E-state index contributed by atoms with van der Waals surface area (Å²) in [5, 5.41) is 5.18. The lowest BCUT2D eigenvalue weighted by Gasteiger charge is -2.19. The van der Waals surface area contributed by atoms with Gasteiger partial charge in [-0.15, -0.1) is 11.3 Å². The maximum Gasteiger partial charge on any atom is 0.260 e. The number of thiophene rings is 1. The topological polar surface area (TPSA) is 114 Å². The number of anilines is 1. The van der Waals surface area contributed by atoms with Gasteiger partial charge in [-0.2, -0.15) is 0 Å². The van der Waals surface area contributed by atoms with Gasteiger partial charge < -0.3 is 34.1 Å². The average molecular weight is 744 g/mol. The van der Waals surface area contributed by atoms with E-state index in [1.54, 1.807) is 59.6 Å². The summed E-state index contributed by atoms with van der Waals surface area (Å²) in [4.78, 5) is 41.4. The molecule has 2 amide bonds. The van der Waals surface area contributed by atoms with Crippen LogP contribution in [0.1, 0.15) is 63.3 Å². The minimum Gasteiger partial charge on any atom is -0.493 e. The number of hydrogen-bond donors (Lipinski definition) is 1. The molecule has 0 saturated heterocycles. The first-order valence-electron chi connectivity index (χ1n) is 18.1. The van der Waals surface area contributed by atoms with Gasteiger partial charge in [0.25, 0.3) is 11.8 Å². The Morgan fingerprint density at radius 1 is 0.722 bits per heavy atom. The molecule has 0 aliphatic carbocycles. The lowest BCUT2D eigenvalue weighted by molar-refractivity contribution is 0.0809. The van der Waals surface area contributed by atoms with Crippen LogP contribution in [-0.2, 0) is 0 Å². The number of methoxy groups -OCH3 is 2. The molecule has 0 unspecified atom stereocenters. The normalized spacial score (nSPS) is 18.2. The third-order valence-electron chi connectivity index (χ3n) is 10.1. The van der Waals surface area contributed by atoms with Crippen molar-refractivity contribution in [3.8, 4) is 23.0 Å².